The van der Waals surface area contributed by atoms with Crippen molar-refractivity contribution in [3.63, 3.8) is 0 Å². The molecule has 2 aromatic rings. The van der Waals surface area contributed by atoms with Gasteiger partial charge in [0.05, 0.1) is 0 Å². The van der Waals surface area contributed by atoms with Gasteiger partial charge in [-0.05, 0) is 29.7 Å². The second-order valence-electron chi connectivity index (χ2n) is 6.46. The Hall–Kier alpha value is -2.69. The molecule has 1 atom stereocenters. The van der Waals surface area contributed by atoms with Gasteiger partial charge in [-0.3, -0.25) is 9.59 Å². The van der Waals surface area contributed by atoms with Crippen molar-refractivity contribution >= 4 is 11.8 Å². The van der Waals surface area contributed by atoms with Crippen LogP contribution in [0.15, 0.2) is 54.6 Å². The number of halogens is 1. The third-order valence-corrected chi connectivity index (χ3v) is 4.39. The number of hydrogen-bond donors (Lipinski definition) is 1. The average molecular weight is 370 g/mol. The van der Waals surface area contributed by atoms with Crippen molar-refractivity contribution in [3.8, 4) is 0 Å². The van der Waals surface area contributed by atoms with Gasteiger partial charge < -0.3 is 10.2 Å². The normalized spacial score (nSPS) is 11.7. The van der Waals surface area contributed by atoms with Crippen LogP contribution < -0.4 is 5.32 Å². The summed E-state index contributed by atoms with van der Waals surface area (Å²) in [6.45, 7) is 4.65. The molecule has 2 rings (SSSR count). The Morgan fingerprint density at radius 1 is 1.04 bits per heavy atom. The van der Waals surface area contributed by atoms with Gasteiger partial charge in [0.15, 0.2) is 0 Å². The fourth-order valence-electron chi connectivity index (χ4n) is 2.91. The highest BCUT2D eigenvalue weighted by Gasteiger charge is 2.30. The van der Waals surface area contributed by atoms with E-state index in [1.165, 1.54) is 12.1 Å². The summed E-state index contributed by atoms with van der Waals surface area (Å²) < 4.78 is 13.2. The second kappa shape index (κ2) is 10.5. The van der Waals surface area contributed by atoms with E-state index < -0.39 is 6.04 Å². The summed E-state index contributed by atoms with van der Waals surface area (Å²) in [6, 6.07) is 14.6. The Bertz CT molecular complexity index is 732. The van der Waals surface area contributed by atoms with Crippen molar-refractivity contribution in [2.45, 2.75) is 45.7 Å². The zero-order chi connectivity index (χ0) is 19.6. The van der Waals surface area contributed by atoms with Crippen molar-refractivity contribution in [1.29, 1.82) is 0 Å². The monoisotopic (exact) mass is 370 g/mol. The van der Waals surface area contributed by atoms with E-state index in [2.05, 4.69) is 12.2 Å². The molecule has 0 spiro atoms. The predicted molar refractivity (Wildman–Crippen MR) is 104 cm³/mol. The van der Waals surface area contributed by atoms with Crippen LogP contribution in [0.1, 0.15) is 50.3 Å². The molecule has 0 heterocycles. The highest BCUT2D eigenvalue weighted by Crippen LogP contribution is 2.24. The highest BCUT2D eigenvalue weighted by atomic mass is 19.1. The number of unbranched alkanes of at least 4 members (excludes halogenated alkanes) is 1. The molecule has 2 amide bonds. The number of hydrogen-bond acceptors (Lipinski definition) is 2. The molecule has 0 bridgehead atoms. The van der Waals surface area contributed by atoms with Crippen LogP contribution in [0.2, 0.25) is 0 Å². The molecule has 0 unspecified atom stereocenters. The van der Waals surface area contributed by atoms with Crippen molar-refractivity contribution in [1.82, 2.24) is 10.2 Å². The molecule has 0 aromatic heterocycles. The van der Waals surface area contributed by atoms with Crippen molar-refractivity contribution < 1.29 is 14.0 Å². The van der Waals surface area contributed by atoms with E-state index >= 15 is 0 Å². The van der Waals surface area contributed by atoms with Gasteiger partial charge in [-0.25, -0.2) is 4.39 Å². The molecule has 0 saturated heterocycles. The summed E-state index contributed by atoms with van der Waals surface area (Å²) in [7, 11) is 0. The topological polar surface area (TPSA) is 49.4 Å². The van der Waals surface area contributed by atoms with Crippen LogP contribution >= 0.6 is 0 Å². The molecule has 4 nitrogen and oxygen atoms in total. The fraction of sp³-hybridized carbons (Fsp3) is 0.364. The van der Waals surface area contributed by atoms with Gasteiger partial charge in [-0.1, -0.05) is 62.7 Å². The first-order valence-corrected chi connectivity index (χ1v) is 9.43. The van der Waals surface area contributed by atoms with Gasteiger partial charge in [-0.2, -0.15) is 0 Å². The van der Waals surface area contributed by atoms with Crippen molar-refractivity contribution in [2.75, 3.05) is 6.54 Å². The molecule has 27 heavy (non-hydrogen) atoms. The largest absolute Gasteiger partial charge is 0.354 e. The van der Waals surface area contributed by atoms with E-state index in [-0.39, 0.29) is 30.6 Å². The number of carbonyl (C=O) groups excluding carboxylic acids is 2. The van der Waals surface area contributed by atoms with E-state index in [1.54, 1.807) is 24.0 Å². The summed E-state index contributed by atoms with van der Waals surface area (Å²) in [5, 5.41) is 2.94. The molecule has 0 radical (unpaired) electrons. The van der Waals surface area contributed by atoms with Crippen LogP contribution in [0.4, 0.5) is 4.39 Å². The molecule has 0 aliphatic heterocycles. The van der Waals surface area contributed by atoms with Crippen LogP contribution in [0.3, 0.4) is 0 Å². The molecule has 0 aliphatic rings. The molecule has 5 heteroatoms. The standard InChI is InChI=1S/C22H27FN2O2/c1-3-5-15-24-22(27)21(18-9-7-6-8-10-18)25(20(26)4-2)16-17-11-13-19(23)14-12-17/h6-14,21H,3-5,15-16H2,1-2H3,(H,24,27)/t21-/m1/s1. The second-order valence-corrected chi connectivity index (χ2v) is 6.46. The number of nitrogens with zero attached hydrogens (tertiary/aromatic N) is 1. The Morgan fingerprint density at radius 2 is 1.70 bits per heavy atom. The van der Waals surface area contributed by atoms with Crippen LogP contribution in [0, 0.1) is 5.82 Å². The molecule has 0 aliphatic carbocycles. The van der Waals surface area contributed by atoms with E-state index in [4.69, 9.17) is 0 Å². The maximum Gasteiger partial charge on any atom is 0.247 e. The lowest BCUT2D eigenvalue weighted by atomic mass is 10.0. The summed E-state index contributed by atoms with van der Waals surface area (Å²) >= 11 is 0. The molecular weight excluding hydrogens is 343 g/mol. The van der Waals surface area contributed by atoms with Gasteiger partial charge in [0.1, 0.15) is 11.9 Å². The number of benzene rings is 2. The average Bonchev–Trinajstić information content (AvgIpc) is 2.69. The van der Waals surface area contributed by atoms with E-state index in [1.807, 2.05) is 30.3 Å². The first-order valence-electron chi connectivity index (χ1n) is 9.43. The third-order valence-electron chi connectivity index (χ3n) is 4.39. The third kappa shape index (κ3) is 5.91. The van der Waals surface area contributed by atoms with Gasteiger partial charge in [0, 0.05) is 19.5 Å². The molecular formula is C22H27FN2O2. The molecule has 144 valence electrons. The maximum atomic E-state index is 13.2. The molecule has 0 saturated carbocycles. The first kappa shape index (κ1) is 20.6. The van der Waals surface area contributed by atoms with Crippen molar-refractivity contribution in [3.05, 3.63) is 71.5 Å². The van der Waals surface area contributed by atoms with Crippen LogP contribution in [0.25, 0.3) is 0 Å². The van der Waals surface area contributed by atoms with E-state index in [0.717, 1.165) is 24.0 Å². The molecule has 2 aromatic carbocycles. The minimum Gasteiger partial charge on any atom is -0.354 e. The maximum absolute atomic E-state index is 13.2. The van der Waals surface area contributed by atoms with Crippen LogP contribution in [-0.4, -0.2) is 23.3 Å². The van der Waals surface area contributed by atoms with Gasteiger partial charge in [0.25, 0.3) is 0 Å². The summed E-state index contributed by atoms with van der Waals surface area (Å²) in [5.41, 5.74) is 1.54. The number of rotatable bonds is 9. The summed E-state index contributed by atoms with van der Waals surface area (Å²) in [5.74, 6) is -0.651. The number of amides is 2. The lowest BCUT2D eigenvalue weighted by Gasteiger charge is -2.31. The lowest BCUT2D eigenvalue weighted by molar-refractivity contribution is -0.141. The zero-order valence-electron chi connectivity index (χ0n) is 16.0. The van der Waals surface area contributed by atoms with Gasteiger partial charge in [0.2, 0.25) is 11.8 Å². The predicted octanol–water partition coefficient (Wildman–Crippen LogP) is 4.22. The SMILES string of the molecule is CCCCNC(=O)[C@@H](c1ccccc1)N(Cc1ccc(F)cc1)C(=O)CC. The van der Waals surface area contributed by atoms with Crippen molar-refractivity contribution in [2.24, 2.45) is 0 Å². The van der Waals surface area contributed by atoms with E-state index in [0.29, 0.717) is 6.54 Å². The van der Waals surface area contributed by atoms with Gasteiger partial charge in [-0.15, -0.1) is 0 Å². The highest BCUT2D eigenvalue weighted by molar-refractivity contribution is 5.88. The lowest BCUT2D eigenvalue weighted by Crippen LogP contribution is -2.43. The number of nitrogens with one attached hydrogen (secondary N) is 1. The smallest absolute Gasteiger partial charge is 0.247 e. The Balaban J connectivity index is 2.35. The minimum absolute atomic E-state index is 0.126. The summed E-state index contributed by atoms with van der Waals surface area (Å²) in [4.78, 5) is 27.2. The Kier molecular flexibility index (Phi) is 7.99. The summed E-state index contributed by atoms with van der Waals surface area (Å²) in [6.07, 6.45) is 2.14. The van der Waals surface area contributed by atoms with Gasteiger partial charge >= 0.3 is 0 Å². The quantitative estimate of drug-likeness (QED) is 0.672. The first-order chi connectivity index (χ1) is 13.1. The van der Waals surface area contributed by atoms with Crippen LogP contribution in [0.5, 0.6) is 0 Å². The molecule has 0 fully saturated rings. The molecule has 1 N–H and O–H groups in total. The zero-order valence-corrected chi connectivity index (χ0v) is 16.0. The fourth-order valence-corrected chi connectivity index (χ4v) is 2.91. The Labute approximate surface area is 160 Å². The van der Waals surface area contributed by atoms with E-state index in [9.17, 15) is 14.0 Å². The Morgan fingerprint density at radius 3 is 2.30 bits per heavy atom. The minimum atomic E-state index is -0.722. The van der Waals surface area contributed by atoms with Crippen LogP contribution in [-0.2, 0) is 16.1 Å². The number of carbonyl (C=O) groups is 2.